The molecule has 1 atom stereocenters. The minimum atomic E-state index is -1.10. The number of nitrogens with one attached hydrogen (secondary N) is 1. The summed E-state index contributed by atoms with van der Waals surface area (Å²) in [5.74, 6) is -2.18. The lowest BCUT2D eigenvalue weighted by molar-refractivity contribution is -0.140. The Morgan fingerprint density at radius 3 is 2.10 bits per heavy atom. The van der Waals surface area contributed by atoms with Gasteiger partial charge < -0.3 is 15.1 Å². The highest BCUT2D eigenvalue weighted by molar-refractivity contribution is 5.77. The number of hydrogen-bond donors (Lipinski definition) is 3. The molecule has 0 spiro atoms. The second-order valence-electron chi connectivity index (χ2n) is 4.31. The fourth-order valence-electron chi connectivity index (χ4n) is 2.00. The number of benzene rings is 1. The molecule has 0 aliphatic rings. The molecule has 1 aromatic carbocycles. The van der Waals surface area contributed by atoms with Crippen molar-refractivity contribution in [3.8, 4) is 0 Å². The van der Waals surface area contributed by atoms with Crippen LogP contribution in [0.25, 0.3) is 0 Å². The first-order chi connectivity index (χ1) is 9.49. The number of aliphatic carboxylic acids is 2. The van der Waals surface area contributed by atoms with E-state index in [2.05, 4.69) is 10.2 Å². The van der Waals surface area contributed by atoms with Crippen LogP contribution in [0.15, 0.2) is 24.3 Å². The van der Waals surface area contributed by atoms with Gasteiger partial charge in [-0.3, -0.25) is 14.9 Å². The van der Waals surface area contributed by atoms with Gasteiger partial charge in [0, 0.05) is 18.8 Å². The SMILES string of the molecule is CCN(CC)c1ccc(C(NCC(=O)O)C(=O)O)cc1. The Morgan fingerprint density at radius 1 is 1.15 bits per heavy atom. The van der Waals surface area contributed by atoms with Gasteiger partial charge in [0.15, 0.2) is 0 Å². The highest BCUT2D eigenvalue weighted by Gasteiger charge is 2.20. The fourth-order valence-corrected chi connectivity index (χ4v) is 2.00. The first-order valence-corrected chi connectivity index (χ1v) is 6.52. The third kappa shape index (κ3) is 4.24. The first kappa shape index (κ1) is 16.0. The number of hydrogen-bond acceptors (Lipinski definition) is 4. The van der Waals surface area contributed by atoms with E-state index in [1.54, 1.807) is 12.1 Å². The van der Waals surface area contributed by atoms with Gasteiger partial charge in [0.05, 0.1) is 6.54 Å². The first-order valence-electron chi connectivity index (χ1n) is 6.52. The van der Waals surface area contributed by atoms with Crippen LogP contribution in [0.1, 0.15) is 25.5 Å². The van der Waals surface area contributed by atoms with Gasteiger partial charge in [-0.2, -0.15) is 0 Å². The van der Waals surface area contributed by atoms with E-state index in [4.69, 9.17) is 10.2 Å². The third-order valence-electron chi connectivity index (χ3n) is 3.06. The Kier molecular flexibility index (Phi) is 5.99. The molecule has 1 rings (SSSR count). The second kappa shape index (κ2) is 7.49. The highest BCUT2D eigenvalue weighted by Crippen LogP contribution is 2.19. The second-order valence-corrected chi connectivity index (χ2v) is 4.31. The van der Waals surface area contributed by atoms with Crippen molar-refractivity contribution in [2.45, 2.75) is 19.9 Å². The maximum absolute atomic E-state index is 11.2. The van der Waals surface area contributed by atoms with Gasteiger partial charge in [0.2, 0.25) is 0 Å². The molecule has 0 saturated heterocycles. The number of nitrogens with zero attached hydrogens (tertiary/aromatic N) is 1. The van der Waals surface area contributed by atoms with Crippen LogP contribution in [-0.2, 0) is 9.59 Å². The van der Waals surface area contributed by atoms with E-state index in [1.165, 1.54) is 0 Å². The lowest BCUT2D eigenvalue weighted by Crippen LogP contribution is -2.32. The topological polar surface area (TPSA) is 89.9 Å². The monoisotopic (exact) mass is 280 g/mol. The van der Waals surface area contributed by atoms with Crippen LogP contribution < -0.4 is 10.2 Å². The largest absolute Gasteiger partial charge is 0.480 e. The number of carboxylic acids is 2. The molecule has 0 amide bonds. The summed E-state index contributed by atoms with van der Waals surface area (Å²) in [6.45, 7) is 5.44. The van der Waals surface area contributed by atoms with Crippen molar-refractivity contribution >= 4 is 17.6 Å². The maximum Gasteiger partial charge on any atom is 0.325 e. The van der Waals surface area contributed by atoms with E-state index < -0.39 is 24.5 Å². The number of carboxylic acid groups (broad SMARTS) is 2. The zero-order valence-electron chi connectivity index (χ0n) is 11.7. The summed E-state index contributed by atoms with van der Waals surface area (Å²) in [4.78, 5) is 23.8. The molecule has 6 nitrogen and oxygen atoms in total. The fraction of sp³-hybridized carbons (Fsp3) is 0.429. The Labute approximate surface area is 118 Å². The van der Waals surface area contributed by atoms with Crippen LogP contribution in [0.3, 0.4) is 0 Å². The summed E-state index contributed by atoms with van der Waals surface area (Å²) in [6.07, 6.45) is 0. The van der Waals surface area contributed by atoms with E-state index in [-0.39, 0.29) is 0 Å². The van der Waals surface area contributed by atoms with Gasteiger partial charge in [-0.15, -0.1) is 0 Å². The van der Waals surface area contributed by atoms with Gasteiger partial charge in [-0.05, 0) is 31.5 Å². The van der Waals surface area contributed by atoms with Crippen LogP contribution in [0.4, 0.5) is 5.69 Å². The molecule has 0 radical (unpaired) electrons. The Hall–Kier alpha value is -2.08. The van der Waals surface area contributed by atoms with Crippen LogP contribution in [0, 0.1) is 0 Å². The average molecular weight is 280 g/mol. The number of anilines is 1. The number of carbonyl (C=O) groups is 2. The molecule has 0 saturated carbocycles. The summed E-state index contributed by atoms with van der Waals surface area (Å²) in [5.41, 5.74) is 1.55. The third-order valence-corrected chi connectivity index (χ3v) is 3.06. The summed E-state index contributed by atoms with van der Waals surface area (Å²) in [7, 11) is 0. The highest BCUT2D eigenvalue weighted by atomic mass is 16.4. The predicted octanol–water partition coefficient (Wildman–Crippen LogP) is 1.33. The lowest BCUT2D eigenvalue weighted by Gasteiger charge is -2.22. The van der Waals surface area contributed by atoms with Crippen LogP contribution in [0.5, 0.6) is 0 Å². The van der Waals surface area contributed by atoms with E-state index in [1.807, 2.05) is 26.0 Å². The van der Waals surface area contributed by atoms with E-state index in [0.717, 1.165) is 18.8 Å². The van der Waals surface area contributed by atoms with Gasteiger partial charge in [-0.1, -0.05) is 12.1 Å². The molecule has 6 heteroatoms. The summed E-state index contributed by atoms with van der Waals surface area (Å²) < 4.78 is 0. The van der Waals surface area contributed by atoms with Crippen molar-refractivity contribution in [2.24, 2.45) is 0 Å². The van der Waals surface area contributed by atoms with Crippen molar-refractivity contribution in [2.75, 3.05) is 24.5 Å². The molecule has 0 aliphatic heterocycles. The number of rotatable bonds is 8. The maximum atomic E-state index is 11.2. The van der Waals surface area contributed by atoms with Crippen LogP contribution in [0.2, 0.25) is 0 Å². The average Bonchev–Trinajstić information content (AvgIpc) is 2.41. The zero-order valence-corrected chi connectivity index (χ0v) is 11.7. The molecule has 0 aromatic heterocycles. The Bertz CT molecular complexity index is 455. The molecule has 20 heavy (non-hydrogen) atoms. The smallest absolute Gasteiger partial charge is 0.325 e. The standard InChI is InChI=1S/C14H20N2O4/c1-3-16(4-2)11-7-5-10(6-8-11)13(14(19)20)15-9-12(17)18/h5-8,13,15H,3-4,9H2,1-2H3,(H,17,18)(H,19,20). The molecule has 0 bridgehead atoms. The minimum Gasteiger partial charge on any atom is -0.480 e. The van der Waals surface area contributed by atoms with Crippen molar-refractivity contribution < 1.29 is 19.8 Å². The van der Waals surface area contributed by atoms with Crippen LogP contribution >= 0.6 is 0 Å². The van der Waals surface area contributed by atoms with Gasteiger partial charge in [0.1, 0.15) is 6.04 Å². The summed E-state index contributed by atoms with van der Waals surface area (Å²) in [6, 6.07) is 6.10. The molecule has 0 fully saturated rings. The zero-order chi connectivity index (χ0) is 15.1. The molecule has 1 unspecified atom stereocenters. The predicted molar refractivity (Wildman–Crippen MR) is 76.0 cm³/mol. The van der Waals surface area contributed by atoms with E-state index in [0.29, 0.717) is 5.56 Å². The van der Waals surface area contributed by atoms with Crippen molar-refractivity contribution in [3.05, 3.63) is 29.8 Å². The summed E-state index contributed by atoms with van der Waals surface area (Å²) in [5, 5.41) is 20.3. The van der Waals surface area contributed by atoms with E-state index in [9.17, 15) is 9.59 Å². The molecule has 1 aromatic rings. The van der Waals surface area contributed by atoms with Gasteiger partial charge in [0.25, 0.3) is 0 Å². The van der Waals surface area contributed by atoms with E-state index >= 15 is 0 Å². The van der Waals surface area contributed by atoms with Gasteiger partial charge >= 0.3 is 11.9 Å². The molecular weight excluding hydrogens is 260 g/mol. The molecule has 0 heterocycles. The molecular formula is C14H20N2O4. The summed E-state index contributed by atoms with van der Waals surface area (Å²) >= 11 is 0. The van der Waals surface area contributed by atoms with Crippen molar-refractivity contribution in [3.63, 3.8) is 0 Å². The van der Waals surface area contributed by atoms with Crippen molar-refractivity contribution in [1.29, 1.82) is 0 Å². The Morgan fingerprint density at radius 2 is 1.70 bits per heavy atom. The molecule has 3 N–H and O–H groups in total. The van der Waals surface area contributed by atoms with Crippen molar-refractivity contribution in [1.82, 2.24) is 5.32 Å². The lowest BCUT2D eigenvalue weighted by atomic mass is 10.1. The quantitative estimate of drug-likeness (QED) is 0.665. The normalized spacial score (nSPS) is 11.9. The minimum absolute atomic E-state index is 0.394. The molecule has 0 aliphatic carbocycles. The Balaban J connectivity index is 2.87. The van der Waals surface area contributed by atoms with Gasteiger partial charge in [-0.25, -0.2) is 0 Å². The van der Waals surface area contributed by atoms with Crippen LogP contribution in [-0.4, -0.2) is 41.8 Å². The molecule has 110 valence electrons.